The van der Waals surface area contributed by atoms with Gasteiger partial charge in [-0.2, -0.15) is 0 Å². The Morgan fingerprint density at radius 3 is 2.50 bits per heavy atom. The fourth-order valence-electron chi connectivity index (χ4n) is 2.97. The third kappa shape index (κ3) is 2.53. The van der Waals surface area contributed by atoms with Crippen molar-refractivity contribution in [1.82, 2.24) is 4.90 Å². The Morgan fingerprint density at radius 1 is 1.30 bits per heavy atom. The minimum absolute atomic E-state index is 0.160. The highest BCUT2D eigenvalue weighted by molar-refractivity contribution is 5.36. The monoisotopic (exact) mass is 280 g/mol. The molecule has 3 rings (SSSR count). The molecule has 2 fully saturated rings. The van der Waals surface area contributed by atoms with Gasteiger partial charge >= 0.3 is 0 Å². The SMILES string of the molecule is O=[N+]([O-])c1ccc(C2CCN(C3COC3)CC2)c(F)c1. The molecule has 0 atom stereocenters. The molecular weight excluding hydrogens is 263 g/mol. The van der Waals surface area contributed by atoms with E-state index >= 15 is 0 Å². The number of benzene rings is 1. The van der Waals surface area contributed by atoms with E-state index in [4.69, 9.17) is 4.74 Å². The Bertz CT molecular complexity index is 511. The van der Waals surface area contributed by atoms with Gasteiger partial charge in [0.05, 0.1) is 30.2 Å². The van der Waals surface area contributed by atoms with E-state index < -0.39 is 10.7 Å². The fraction of sp³-hybridized carbons (Fsp3) is 0.571. The molecule has 0 radical (unpaired) electrons. The summed E-state index contributed by atoms with van der Waals surface area (Å²) in [5.41, 5.74) is 0.426. The summed E-state index contributed by atoms with van der Waals surface area (Å²) in [7, 11) is 0. The highest BCUT2D eigenvalue weighted by atomic mass is 19.1. The number of rotatable bonds is 3. The van der Waals surface area contributed by atoms with Crippen LogP contribution in [0.2, 0.25) is 0 Å². The maximum absolute atomic E-state index is 14.0. The largest absolute Gasteiger partial charge is 0.378 e. The molecule has 108 valence electrons. The van der Waals surface area contributed by atoms with Gasteiger partial charge in [0.15, 0.2) is 0 Å². The van der Waals surface area contributed by atoms with Gasteiger partial charge in [-0.15, -0.1) is 0 Å². The number of non-ortho nitro benzene ring substituents is 1. The number of ether oxygens (including phenoxy) is 1. The van der Waals surface area contributed by atoms with Crippen LogP contribution in [0.15, 0.2) is 18.2 Å². The number of nitro benzene ring substituents is 1. The topological polar surface area (TPSA) is 55.6 Å². The Labute approximate surface area is 116 Å². The van der Waals surface area contributed by atoms with E-state index in [-0.39, 0.29) is 11.6 Å². The molecule has 1 aromatic carbocycles. The third-order valence-electron chi connectivity index (χ3n) is 4.30. The number of likely N-dealkylation sites (tertiary alicyclic amines) is 1. The van der Waals surface area contributed by atoms with Crippen molar-refractivity contribution in [3.63, 3.8) is 0 Å². The van der Waals surface area contributed by atoms with Crippen molar-refractivity contribution in [2.75, 3.05) is 26.3 Å². The maximum atomic E-state index is 14.0. The van der Waals surface area contributed by atoms with Gasteiger partial charge in [0.25, 0.3) is 5.69 Å². The lowest BCUT2D eigenvalue weighted by atomic mass is 9.88. The van der Waals surface area contributed by atoms with E-state index in [0.29, 0.717) is 11.6 Å². The summed E-state index contributed by atoms with van der Waals surface area (Å²) in [6.45, 7) is 3.48. The summed E-state index contributed by atoms with van der Waals surface area (Å²) < 4.78 is 19.2. The van der Waals surface area contributed by atoms with Gasteiger partial charge in [0.2, 0.25) is 0 Å². The van der Waals surface area contributed by atoms with E-state index in [1.54, 1.807) is 6.07 Å². The summed E-state index contributed by atoms with van der Waals surface area (Å²) in [5.74, 6) is -0.294. The molecule has 20 heavy (non-hydrogen) atoms. The van der Waals surface area contributed by atoms with E-state index in [0.717, 1.165) is 45.2 Å². The zero-order valence-electron chi connectivity index (χ0n) is 11.1. The average Bonchev–Trinajstić information content (AvgIpc) is 2.37. The Kier molecular flexibility index (Phi) is 3.67. The zero-order valence-corrected chi connectivity index (χ0v) is 11.1. The van der Waals surface area contributed by atoms with Crippen LogP contribution in [-0.2, 0) is 4.74 Å². The third-order valence-corrected chi connectivity index (χ3v) is 4.30. The van der Waals surface area contributed by atoms with E-state index in [1.807, 2.05) is 0 Å². The van der Waals surface area contributed by atoms with E-state index in [1.165, 1.54) is 6.07 Å². The van der Waals surface area contributed by atoms with Gasteiger partial charge in [-0.3, -0.25) is 15.0 Å². The normalized spacial score (nSPS) is 21.6. The first-order chi connectivity index (χ1) is 9.65. The molecular formula is C14H17FN2O3. The van der Waals surface area contributed by atoms with E-state index in [2.05, 4.69) is 4.90 Å². The van der Waals surface area contributed by atoms with Gasteiger partial charge in [0, 0.05) is 6.07 Å². The zero-order chi connectivity index (χ0) is 14.1. The first kappa shape index (κ1) is 13.5. The van der Waals surface area contributed by atoms with Crippen molar-refractivity contribution in [3.05, 3.63) is 39.7 Å². The van der Waals surface area contributed by atoms with Crippen LogP contribution in [0.4, 0.5) is 10.1 Å². The lowest BCUT2D eigenvalue weighted by Crippen LogP contribution is -2.51. The number of hydrogen-bond donors (Lipinski definition) is 0. The molecule has 5 nitrogen and oxygen atoms in total. The average molecular weight is 280 g/mol. The van der Waals surface area contributed by atoms with Crippen molar-refractivity contribution in [1.29, 1.82) is 0 Å². The second-order valence-electron chi connectivity index (χ2n) is 5.46. The molecule has 0 saturated carbocycles. The molecule has 2 aliphatic heterocycles. The van der Waals surface area contributed by atoms with Crippen LogP contribution in [0.25, 0.3) is 0 Å². The number of halogens is 1. The van der Waals surface area contributed by atoms with Crippen LogP contribution < -0.4 is 0 Å². The predicted molar refractivity (Wildman–Crippen MR) is 71.2 cm³/mol. The molecule has 0 aliphatic carbocycles. The van der Waals surface area contributed by atoms with E-state index in [9.17, 15) is 14.5 Å². The molecule has 6 heteroatoms. The smallest absolute Gasteiger partial charge is 0.272 e. The molecule has 0 unspecified atom stereocenters. The van der Waals surface area contributed by atoms with Crippen LogP contribution in [0.3, 0.4) is 0 Å². The standard InChI is InChI=1S/C14H17FN2O3/c15-14-7-11(17(18)19)1-2-13(14)10-3-5-16(6-4-10)12-8-20-9-12/h1-2,7,10,12H,3-6,8-9H2. The van der Waals surface area contributed by atoms with Gasteiger partial charge in [-0.1, -0.05) is 0 Å². The number of hydrogen-bond acceptors (Lipinski definition) is 4. The van der Waals surface area contributed by atoms with Crippen molar-refractivity contribution in [2.24, 2.45) is 0 Å². The molecule has 2 aliphatic rings. The van der Waals surface area contributed by atoms with Crippen LogP contribution in [0.1, 0.15) is 24.3 Å². The molecule has 0 aromatic heterocycles. The van der Waals surface area contributed by atoms with Gasteiger partial charge in [-0.05, 0) is 43.5 Å². The Hall–Kier alpha value is -1.53. The minimum Gasteiger partial charge on any atom is -0.378 e. The maximum Gasteiger partial charge on any atom is 0.272 e. The lowest BCUT2D eigenvalue weighted by Gasteiger charge is -2.41. The summed E-state index contributed by atoms with van der Waals surface area (Å²) >= 11 is 0. The molecule has 1 aromatic rings. The lowest BCUT2D eigenvalue weighted by molar-refractivity contribution is -0.385. The molecule has 2 saturated heterocycles. The first-order valence-corrected chi connectivity index (χ1v) is 6.91. The number of nitrogens with zero attached hydrogens (tertiary/aromatic N) is 2. The first-order valence-electron chi connectivity index (χ1n) is 6.91. The second-order valence-corrected chi connectivity index (χ2v) is 5.46. The predicted octanol–water partition coefficient (Wildman–Crippen LogP) is 2.31. The molecule has 0 bridgehead atoms. The molecule has 2 heterocycles. The van der Waals surface area contributed by atoms with Crippen molar-refractivity contribution in [2.45, 2.75) is 24.8 Å². The highest BCUT2D eigenvalue weighted by Crippen LogP contribution is 2.32. The Balaban J connectivity index is 1.66. The second kappa shape index (κ2) is 5.46. The summed E-state index contributed by atoms with van der Waals surface area (Å²) in [5, 5.41) is 10.6. The van der Waals surface area contributed by atoms with Gasteiger partial charge in [0.1, 0.15) is 5.82 Å². The summed E-state index contributed by atoms with van der Waals surface area (Å²) in [4.78, 5) is 12.4. The molecule has 0 amide bonds. The molecule has 0 N–H and O–H groups in total. The fourth-order valence-corrected chi connectivity index (χ4v) is 2.97. The van der Waals surface area contributed by atoms with Crippen molar-refractivity contribution >= 4 is 5.69 Å². The highest BCUT2D eigenvalue weighted by Gasteiger charge is 2.31. The van der Waals surface area contributed by atoms with Crippen molar-refractivity contribution in [3.8, 4) is 0 Å². The quantitative estimate of drug-likeness (QED) is 0.630. The van der Waals surface area contributed by atoms with Crippen LogP contribution in [0, 0.1) is 15.9 Å². The molecule has 0 spiro atoms. The summed E-state index contributed by atoms with van der Waals surface area (Å²) in [6, 6.07) is 4.52. The summed E-state index contributed by atoms with van der Waals surface area (Å²) in [6.07, 6.45) is 1.79. The Morgan fingerprint density at radius 2 is 2.00 bits per heavy atom. The van der Waals surface area contributed by atoms with Crippen LogP contribution >= 0.6 is 0 Å². The van der Waals surface area contributed by atoms with Crippen LogP contribution in [0.5, 0.6) is 0 Å². The number of piperidine rings is 1. The van der Waals surface area contributed by atoms with Crippen LogP contribution in [-0.4, -0.2) is 42.2 Å². The van der Waals surface area contributed by atoms with Gasteiger partial charge in [-0.25, -0.2) is 4.39 Å². The number of nitro groups is 1. The van der Waals surface area contributed by atoms with Crippen molar-refractivity contribution < 1.29 is 14.1 Å². The van der Waals surface area contributed by atoms with Gasteiger partial charge < -0.3 is 4.74 Å². The minimum atomic E-state index is -0.563.